The maximum Gasteiger partial charge on any atom is 0.511 e. The lowest BCUT2D eigenvalue weighted by molar-refractivity contribution is 0.144. The van der Waals surface area contributed by atoms with Gasteiger partial charge in [0.2, 0.25) is 5.95 Å². The van der Waals surface area contributed by atoms with E-state index in [0.29, 0.717) is 11.0 Å². The van der Waals surface area contributed by atoms with Crippen molar-refractivity contribution < 1.29 is 14.6 Å². The first-order valence-corrected chi connectivity index (χ1v) is 7.88. The van der Waals surface area contributed by atoms with Crippen LogP contribution in [-0.4, -0.2) is 44.1 Å². The topological polar surface area (TPSA) is 96.3 Å². The lowest BCUT2D eigenvalue weighted by Gasteiger charge is -2.18. The third kappa shape index (κ3) is 2.65. The van der Waals surface area contributed by atoms with E-state index in [1.54, 1.807) is 0 Å². The van der Waals surface area contributed by atoms with Crippen LogP contribution in [0.15, 0.2) is 24.5 Å². The van der Waals surface area contributed by atoms with E-state index in [-0.39, 0.29) is 5.75 Å². The normalized spacial score (nSPS) is 14.5. The van der Waals surface area contributed by atoms with E-state index in [9.17, 15) is 4.79 Å². The molecule has 0 bridgehead atoms. The number of aromatic amines is 1. The van der Waals surface area contributed by atoms with Crippen molar-refractivity contribution >= 4 is 34.5 Å². The van der Waals surface area contributed by atoms with Gasteiger partial charge in [-0.3, -0.25) is 0 Å². The van der Waals surface area contributed by atoms with Crippen molar-refractivity contribution in [1.29, 1.82) is 0 Å². The molecular formula is C15H14ClN5O3. The SMILES string of the molecule is O=C(O)Oc1cnn(-c2nc3cc(N4CCCC4)c(Cl)cc3[nH]2)c1. The minimum Gasteiger partial charge on any atom is -0.449 e. The summed E-state index contributed by atoms with van der Waals surface area (Å²) in [6.45, 7) is 2.00. The summed E-state index contributed by atoms with van der Waals surface area (Å²) >= 11 is 6.40. The molecule has 2 N–H and O–H groups in total. The van der Waals surface area contributed by atoms with Crippen molar-refractivity contribution in [2.45, 2.75) is 12.8 Å². The van der Waals surface area contributed by atoms with Crippen molar-refractivity contribution in [1.82, 2.24) is 19.7 Å². The zero-order valence-electron chi connectivity index (χ0n) is 12.6. The number of hydrogen-bond donors (Lipinski definition) is 2. The highest BCUT2D eigenvalue weighted by Crippen LogP contribution is 2.32. The maximum absolute atomic E-state index is 10.6. The smallest absolute Gasteiger partial charge is 0.449 e. The van der Waals surface area contributed by atoms with Gasteiger partial charge in [0.15, 0.2) is 5.75 Å². The summed E-state index contributed by atoms with van der Waals surface area (Å²) in [5, 5.41) is 13.3. The molecule has 3 heterocycles. The number of anilines is 1. The van der Waals surface area contributed by atoms with Gasteiger partial charge in [0, 0.05) is 13.1 Å². The lowest BCUT2D eigenvalue weighted by atomic mass is 10.2. The monoisotopic (exact) mass is 347 g/mol. The molecule has 1 aliphatic rings. The molecule has 24 heavy (non-hydrogen) atoms. The van der Waals surface area contributed by atoms with Gasteiger partial charge in [-0.2, -0.15) is 5.10 Å². The van der Waals surface area contributed by atoms with E-state index in [2.05, 4.69) is 24.7 Å². The molecule has 8 nitrogen and oxygen atoms in total. The Balaban J connectivity index is 1.70. The van der Waals surface area contributed by atoms with Crippen molar-refractivity contribution in [2.24, 2.45) is 0 Å². The zero-order chi connectivity index (χ0) is 16.7. The number of rotatable bonds is 3. The van der Waals surface area contributed by atoms with Crippen LogP contribution in [0.25, 0.3) is 17.0 Å². The largest absolute Gasteiger partial charge is 0.511 e. The Kier molecular flexibility index (Phi) is 3.53. The maximum atomic E-state index is 10.6. The Hall–Kier alpha value is -2.74. The van der Waals surface area contributed by atoms with Gasteiger partial charge in [-0.25, -0.2) is 14.5 Å². The van der Waals surface area contributed by atoms with Crippen LogP contribution < -0.4 is 9.64 Å². The lowest BCUT2D eigenvalue weighted by Crippen LogP contribution is -2.17. The number of fused-ring (bicyclic) bond motifs is 1. The number of carbonyl (C=O) groups is 1. The molecule has 124 valence electrons. The van der Waals surface area contributed by atoms with Crippen LogP contribution >= 0.6 is 11.6 Å². The van der Waals surface area contributed by atoms with Gasteiger partial charge in [0.05, 0.1) is 34.1 Å². The quantitative estimate of drug-likeness (QED) is 0.707. The van der Waals surface area contributed by atoms with Crippen molar-refractivity contribution in [2.75, 3.05) is 18.0 Å². The summed E-state index contributed by atoms with van der Waals surface area (Å²) in [7, 11) is 0. The number of carboxylic acid groups (broad SMARTS) is 1. The summed E-state index contributed by atoms with van der Waals surface area (Å²) in [6, 6.07) is 3.81. The molecule has 1 aromatic carbocycles. The molecule has 4 rings (SSSR count). The second-order valence-electron chi connectivity index (χ2n) is 5.56. The fraction of sp³-hybridized carbons (Fsp3) is 0.267. The summed E-state index contributed by atoms with van der Waals surface area (Å²) < 4.78 is 5.98. The van der Waals surface area contributed by atoms with Gasteiger partial charge in [-0.1, -0.05) is 11.6 Å². The molecule has 0 atom stereocenters. The second kappa shape index (κ2) is 5.72. The molecule has 0 spiro atoms. The molecule has 9 heteroatoms. The number of nitrogens with one attached hydrogen (secondary N) is 1. The van der Waals surface area contributed by atoms with Gasteiger partial charge >= 0.3 is 6.16 Å². The number of H-pyrrole nitrogens is 1. The first-order chi connectivity index (χ1) is 11.6. The van der Waals surface area contributed by atoms with Gasteiger partial charge in [0.1, 0.15) is 0 Å². The van der Waals surface area contributed by atoms with Crippen molar-refractivity contribution in [3.8, 4) is 11.7 Å². The van der Waals surface area contributed by atoms with E-state index in [1.807, 2.05) is 12.1 Å². The Morgan fingerprint density at radius 1 is 1.33 bits per heavy atom. The van der Waals surface area contributed by atoms with Gasteiger partial charge < -0.3 is 19.7 Å². The van der Waals surface area contributed by atoms with E-state index in [4.69, 9.17) is 16.7 Å². The predicted molar refractivity (Wildman–Crippen MR) is 88.3 cm³/mol. The third-order valence-corrected chi connectivity index (χ3v) is 4.27. The minimum atomic E-state index is -1.39. The second-order valence-corrected chi connectivity index (χ2v) is 5.97. The summed E-state index contributed by atoms with van der Waals surface area (Å²) in [5.41, 5.74) is 2.54. The Morgan fingerprint density at radius 2 is 2.12 bits per heavy atom. The summed E-state index contributed by atoms with van der Waals surface area (Å²) in [6.07, 6.45) is 3.69. The molecular weight excluding hydrogens is 334 g/mol. The molecule has 2 aromatic heterocycles. The van der Waals surface area contributed by atoms with Crippen LogP contribution in [0.5, 0.6) is 5.75 Å². The minimum absolute atomic E-state index is 0.124. The van der Waals surface area contributed by atoms with Gasteiger partial charge in [0.25, 0.3) is 0 Å². The van der Waals surface area contributed by atoms with Crippen LogP contribution in [0.1, 0.15) is 12.8 Å². The molecule has 0 aliphatic carbocycles. The number of hydrogen-bond acceptors (Lipinski definition) is 5. The first kappa shape index (κ1) is 14.8. The molecule has 0 amide bonds. The Bertz CT molecular complexity index is 913. The van der Waals surface area contributed by atoms with Gasteiger partial charge in [-0.05, 0) is 25.0 Å². The van der Waals surface area contributed by atoms with E-state index < -0.39 is 6.16 Å². The molecule has 1 saturated heterocycles. The molecule has 1 aliphatic heterocycles. The fourth-order valence-electron chi connectivity index (χ4n) is 2.89. The molecule has 0 saturated carbocycles. The van der Waals surface area contributed by atoms with E-state index >= 15 is 0 Å². The van der Waals surface area contributed by atoms with Crippen LogP contribution in [0.2, 0.25) is 5.02 Å². The number of nitrogens with zero attached hydrogens (tertiary/aromatic N) is 4. The number of ether oxygens (including phenoxy) is 1. The number of benzene rings is 1. The highest BCUT2D eigenvalue weighted by Gasteiger charge is 2.17. The summed E-state index contributed by atoms with van der Waals surface area (Å²) in [5.74, 6) is 0.582. The molecule has 3 aromatic rings. The zero-order valence-corrected chi connectivity index (χ0v) is 13.3. The highest BCUT2D eigenvalue weighted by atomic mass is 35.5. The fourth-order valence-corrected chi connectivity index (χ4v) is 3.17. The van der Waals surface area contributed by atoms with Crippen LogP contribution in [-0.2, 0) is 0 Å². The van der Waals surface area contributed by atoms with Crippen molar-refractivity contribution in [3.05, 3.63) is 29.5 Å². The van der Waals surface area contributed by atoms with Crippen LogP contribution in [0.3, 0.4) is 0 Å². The first-order valence-electron chi connectivity index (χ1n) is 7.50. The number of imidazole rings is 1. The number of aromatic nitrogens is 4. The van der Waals surface area contributed by atoms with E-state index in [1.165, 1.54) is 29.9 Å². The average molecular weight is 348 g/mol. The summed E-state index contributed by atoms with van der Waals surface area (Å²) in [4.78, 5) is 20.4. The average Bonchev–Trinajstić information content (AvgIpc) is 3.25. The van der Waals surface area contributed by atoms with Crippen LogP contribution in [0, 0.1) is 0 Å². The predicted octanol–water partition coefficient (Wildman–Crippen LogP) is 3.06. The van der Waals surface area contributed by atoms with Gasteiger partial charge in [-0.15, -0.1) is 0 Å². The van der Waals surface area contributed by atoms with Crippen molar-refractivity contribution in [3.63, 3.8) is 0 Å². The molecule has 0 radical (unpaired) electrons. The Labute approximate surface area is 141 Å². The number of halogens is 1. The highest BCUT2D eigenvalue weighted by molar-refractivity contribution is 6.34. The standard InChI is InChI=1S/C15H14ClN5O3/c16-10-5-11-12(6-13(10)20-3-1-2-4-20)19-14(18-11)21-8-9(7-17-21)24-15(22)23/h5-8H,1-4H2,(H,18,19)(H,22,23). The Morgan fingerprint density at radius 3 is 2.88 bits per heavy atom. The molecule has 1 fully saturated rings. The van der Waals surface area contributed by atoms with Crippen LogP contribution in [0.4, 0.5) is 10.5 Å². The molecule has 0 unspecified atom stereocenters. The van der Waals surface area contributed by atoms with E-state index in [0.717, 1.165) is 29.8 Å². The third-order valence-electron chi connectivity index (χ3n) is 3.97.